The summed E-state index contributed by atoms with van der Waals surface area (Å²) in [4.78, 5) is 6.11. The number of hydrogen-bond donors (Lipinski definition) is 0. The summed E-state index contributed by atoms with van der Waals surface area (Å²) in [7, 11) is 0. The normalized spacial score (nSPS) is 11.7. The smallest absolute Gasteiger partial charge is 0.123 e. The van der Waals surface area contributed by atoms with Gasteiger partial charge in [-0.15, -0.1) is 23.1 Å². The minimum absolute atomic E-state index is 0.153. The van der Waals surface area contributed by atoms with Gasteiger partial charge < -0.3 is 0 Å². The highest BCUT2D eigenvalue weighted by Crippen LogP contribution is 2.34. The Bertz CT molecular complexity index is 816. The van der Waals surface area contributed by atoms with Crippen LogP contribution >= 0.6 is 34.7 Å². The van der Waals surface area contributed by atoms with Crippen molar-refractivity contribution in [2.24, 2.45) is 0 Å². The van der Waals surface area contributed by atoms with Crippen molar-refractivity contribution in [3.05, 3.63) is 70.2 Å². The van der Waals surface area contributed by atoms with Gasteiger partial charge in [-0.25, -0.2) is 4.98 Å². The summed E-state index contributed by atoms with van der Waals surface area (Å²) in [5.74, 6) is 0.886. The highest BCUT2D eigenvalue weighted by molar-refractivity contribution is 7.98. The van der Waals surface area contributed by atoms with Gasteiger partial charge in [-0.05, 0) is 29.2 Å². The van der Waals surface area contributed by atoms with E-state index < -0.39 is 0 Å². The summed E-state index contributed by atoms with van der Waals surface area (Å²) < 4.78 is 0. The van der Waals surface area contributed by atoms with Crippen LogP contribution in [0.15, 0.2) is 58.8 Å². The van der Waals surface area contributed by atoms with Gasteiger partial charge in [0.1, 0.15) is 5.01 Å². The summed E-state index contributed by atoms with van der Waals surface area (Å²) in [5.41, 5.74) is 3.79. The van der Waals surface area contributed by atoms with Gasteiger partial charge in [0.2, 0.25) is 0 Å². The summed E-state index contributed by atoms with van der Waals surface area (Å²) in [6.45, 7) is 6.77. The predicted molar refractivity (Wildman–Crippen MR) is 107 cm³/mol. The Balaban J connectivity index is 1.74. The van der Waals surface area contributed by atoms with Crippen molar-refractivity contribution in [1.82, 2.24) is 4.98 Å². The Hall–Kier alpha value is -1.29. The molecule has 0 aliphatic heterocycles. The molecule has 0 aliphatic rings. The molecule has 0 spiro atoms. The Morgan fingerprint density at radius 3 is 2.46 bits per heavy atom. The lowest BCUT2D eigenvalue weighted by molar-refractivity contribution is 0.578. The van der Waals surface area contributed by atoms with Gasteiger partial charge in [-0.2, -0.15) is 0 Å². The summed E-state index contributed by atoms with van der Waals surface area (Å²) in [5, 5.41) is 3.95. The van der Waals surface area contributed by atoms with Crippen LogP contribution in [0.3, 0.4) is 0 Å². The number of thiazole rings is 1. The number of nitrogens with zero attached hydrogens (tertiary/aromatic N) is 1. The molecular formula is C20H20ClNS2. The van der Waals surface area contributed by atoms with Crippen molar-refractivity contribution in [1.29, 1.82) is 0 Å². The van der Waals surface area contributed by atoms with E-state index in [9.17, 15) is 0 Å². The van der Waals surface area contributed by atoms with Gasteiger partial charge in [0.15, 0.2) is 0 Å². The van der Waals surface area contributed by atoms with E-state index in [4.69, 9.17) is 16.6 Å². The zero-order valence-electron chi connectivity index (χ0n) is 14.0. The maximum Gasteiger partial charge on any atom is 0.123 e. The number of thioether (sulfide) groups is 1. The largest absolute Gasteiger partial charge is 0.240 e. The van der Waals surface area contributed by atoms with E-state index >= 15 is 0 Å². The molecule has 1 aromatic heterocycles. The molecule has 0 aliphatic carbocycles. The molecule has 24 heavy (non-hydrogen) atoms. The maximum atomic E-state index is 5.95. The van der Waals surface area contributed by atoms with Crippen LogP contribution in [0, 0.1) is 0 Å². The second-order valence-corrected chi connectivity index (χ2v) is 9.00. The molecule has 0 radical (unpaired) electrons. The number of benzene rings is 2. The zero-order chi connectivity index (χ0) is 17.2. The van der Waals surface area contributed by atoms with Gasteiger partial charge in [0, 0.05) is 26.6 Å². The third-order valence-corrected chi connectivity index (χ3v) is 6.01. The standard InChI is InChI=1S/C20H20ClNS2/c1-20(2,3)17-6-4-5-7-18(17)23-12-16-13-24-19(22-16)14-8-10-15(21)11-9-14/h4-11,13H,12H2,1-3H3. The topological polar surface area (TPSA) is 12.9 Å². The third-order valence-electron chi connectivity index (χ3n) is 3.71. The van der Waals surface area contributed by atoms with Crippen LogP contribution in [0.4, 0.5) is 0 Å². The van der Waals surface area contributed by atoms with Crippen molar-refractivity contribution in [3.63, 3.8) is 0 Å². The van der Waals surface area contributed by atoms with Crippen molar-refractivity contribution in [2.45, 2.75) is 36.8 Å². The number of halogens is 1. The average Bonchev–Trinajstić information content (AvgIpc) is 3.02. The molecule has 0 unspecified atom stereocenters. The van der Waals surface area contributed by atoms with Crippen LogP contribution in [0.25, 0.3) is 10.6 Å². The van der Waals surface area contributed by atoms with E-state index in [2.05, 4.69) is 50.4 Å². The Morgan fingerprint density at radius 2 is 1.75 bits per heavy atom. The SMILES string of the molecule is CC(C)(C)c1ccccc1SCc1csc(-c2ccc(Cl)cc2)n1. The molecule has 2 aromatic carbocycles. The molecule has 1 heterocycles. The molecule has 0 saturated carbocycles. The first-order valence-electron chi connectivity index (χ1n) is 7.86. The van der Waals surface area contributed by atoms with Crippen molar-refractivity contribution in [2.75, 3.05) is 0 Å². The fourth-order valence-corrected chi connectivity index (χ4v) is 4.68. The van der Waals surface area contributed by atoms with Gasteiger partial charge in [-0.1, -0.05) is 62.7 Å². The highest BCUT2D eigenvalue weighted by Gasteiger charge is 2.17. The summed E-state index contributed by atoms with van der Waals surface area (Å²) in [6.07, 6.45) is 0. The van der Waals surface area contributed by atoms with Gasteiger partial charge in [0.25, 0.3) is 0 Å². The minimum Gasteiger partial charge on any atom is -0.240 e. The average molecular weight is 374 g/mol. The fraction of sp³-hybridized carbons (Fsp3) is 0.250. The van der Waals surface area contributed by atoms with Crippen molar-refractivity contribution < 1.29 is 0 Å². The van der Waals surface area contributed by atoms with Gasteiger partial charge in [-0.3, -0.25) is 0 Å². The molecule has 0 bridgehead atoms. The van der Waals surface area contributed by atoms with Crippen molar-refractivity contribution >= 4 is 34.7 Å². The van der Waals surface area contributed by atoms with E-state index in [1.54, 1.807) is 11.3 Å². The van der Waals surface area contributed by atoms with E-state index in [0.717, 1.165) is 27.0 Å². The Labute approximate surface area is 157 Å². The van der Waals surface area contributed by atoms with Crippen LogP contribution in [0.5, 0.6) is 0 Å². The van der Waals surface area contributed by atoms with Crippen LogP contribution in [-0.4, -0.2) is 4.98 Å². The first-order chi connectivity index (χ1) is 11.4. The van der Waals surface area contributed by atoms with E-state index in [1.807, 2.05) is 36.0 Å². The lowest BCUT2D eigenvalue weighted by Gasteiger charge is -2.22. The lowest BCUT2D eigenvalue weighted by atomic mass is 9.87. The van der Waals surface area contributed by atoms with E-state index in [1.165, 1.54) is 10.5 Å². The third kappa shape index (κ3) is 4.21. The van der Waals surface area contributed by atoms with Crippen LogP contribution in [0.1, 0.15) is 32.0 Å². The number of hydrogen-bond acceptors (Lipinski definition) is 3. The van der Waals surface area contributed by atoms with Crippen LogP contribution in [-0.2, 0) is 11.2 Å². The summed E-state index contributed by atoms with van der Waals surface area (Å²) >= 11 is 9.50. The fourth-order valence-electron chi connectivity index (χ4n) is 2.46. The molecule has 0 fully saturated rings. The first-order valence-corrected chi connectivity index (χ1v) is 10.1. The minimum atomic E-state index is 0.153. The number of aromatic nitrogens is 1. The maximum absolute atomic E-state index is 5.95. The Morgan fingerprint density at radius 1 is 1.04 bits per heavy atom. The molecule has 0 saturated heterocycles. The van der Waals surface area contributed by atoms with Crippen molar-refractivity contribution in [3.8, 4) is 10.6 Å². The van der Waals surface area contributed by atoms with E-state index in [0.29, 0.717) is 0 Å². The molecular weight excluding hydrogens is 354 g/mol. The lowest BCUT2D eigenvalue weighted by Crippen LogP contribution is -2.12. The number of rotatable bonds is 4. The molecule has 0 N–H and O–H groups in total. The summed E-state index contributed by atoms with van der Waals surface area (Å²) in [6, 6.07) is 16.5. The zero-order valence-corrected chi connectivity index (χ0v) is 16.4. The highest BCUT2D eigenvalue weighted by atomic mass is 35.5. The molecule has 0 amide bonds. The molecule has 1 nitrogen and oxygen atoms in total. The molecule has 3 aromatic rings. The molecule has 3 rings (SSSR count). The van der Waals surface area contributed by atoms with Crippen LogP contribution in [0.2, 0.25) is 5.02 Å². The second kappa shape index (κ2) is 7.30. The molecule has 0 atom stereocenters. The molecule has 124 valence electrons. The van der Waals surface area contributed by atoms with Gasteiger partial charge in [0.05, 0.1) is 5.69 Å². The predicted octanol–water partition coefficient (Wildman–Crippen LogP) is 7.05. The van der Waals surface area contributed by atoms with E-state index in [-0.39, 0.29) is 5.41 Å². The monoisotopic (exact) mass is 373 g/mol. The first kappa shape index (κ1) is 17.5. The van der Waals surface area contributed by atoms with Crippen LogP contribution < -0.4 is 0 Å². The second-order valence-electron chi connectivity index (χ2n) is 6.69. The molecule has 4 heteroatoms. The Kier molecular flexibility index (Phi) is 5.33. The van der Waals surface area contributed by atoms with Gasteiger partial charge >= 0.3 is 0 Å². The quantitative estimate of drug-likeness (QED) is 0.454.